The Morgan fingerprint density at radius 1 is 1.33 bits per heavy atom. The molecule has 1 unspecified atom stereocenters. The third kappa shape index (κ3) is 2.40. The SMILES string of the molecule is Cc1cc(C(O)c2ccc3c(c2)CN(C)C(=O)N3)c(C)o1. The third-order valence-corrected chi connectivity index (χ3v) is 3.81. The normalized spacial score (nSPS) is 15.6. The predicted octanol–water partition coefficient (Wildman–Crippen LogP) is 2.96. The van der Waals surface area contributed by atoms with Crippen molar-refractivity contribution in [1.29, 1.82) is 0 Å². The fraction of sp³-hybridized carbons (Fsp3) is 0.312. The van der Waals surface area contributed by atoms with Crippen molar-refractivity contribution < 1.29 is 14.3 Å². The molecule has 2 heterocycles. The van der Waals surface area contributed by atoms with E-state index in [2.05, 4.69) is 5.32 Å². The van der Waals surface area contributed by atoms with Gasteiger partial charge >= 0.3 is 6.03 Å². The number of aryl methyl sites for hydroxylation is 2. The number of aliphatic hydroxyl groups is 1. The Bertz CT molecular complexity index is 706. The first kappa shape index (κ1) is 13.7. The van der Waals surface area contributed by atoms with Crippen LogP contribution in [0.1, 0.15) is 34.3 Å². The molecule has 1 aromatic heterocycles. The van der Waals surface area contributed by atoms with Crippen LogP contribution in [0, 0.1) is 13.8 Å². The van der Waals surface area contributed by atoms with Gasteiger partial charge in [-0.1, -0.05) is 6.07 Å². The Morgan fingerprint density at radius 2 is 2.10 bits per heavy atom. The second kappa shape index (κ2) is 4.93. The molecule has 0 saturated carbocycles. The first-order valence-corrected chi connectivity index (χ1v) is 6.85. The third-order valence-electron chi connectivity index (χ3n) is 3.81. The van der Waals surface area contributed by atoms with Gasteiger partial charge in [0.15, 0.2) is 0 Å². The molecule has 1 aromatic carbocycles. The van der Waals surface area contributed by atoms with Crippen LogP contribution in [0.5, 0.6) is 0 Å². The van der Waals surface area contributed by atoms with E-state index < -0.39 is 6.10 Å². The van der Waals surface area contributed by atoms with Crippen molar-refractivity contribution in [2.24, 2.45) is 0 Å². The van der Waals surface area contributed by atoms with E-state index in [9.17, 15) is 9.90 Å². The number of rotatable bonds is 2. The van der Waals surface area contributed by atoms with E-state index in [0.717, 1.165) is 33.9 Å². The molecular weight excluding hydrogens is 268 g/mol. The average Bonchev–Trinajstić information content (AvgIpc) is 2.78. The van der Waals surface area contributed by atoms with Crippen LogP contribution in [0.2, 0.25) is 0 Å². The second-order valence-electron chi connectivity index (χ2n) is 5.47. The molecule has 0 aliphatic carbocycles. The number of amides is 2. The number of furan rings is 1. The van der Waals surface area contributed by atoms with Crippen LogP contribution in [0.4, 0.5) is 10.5 Å². The Morgan fingerprint density at radius 3 is 2.76 bits per heavy atom. The van der Waals surface area contributed by atoms with Crippen molar-refractivity contribution >= 4 is 11.7 Å². The number of urea groups is 1. The molecule has 0 bridgehead atoms. The van der Waals surface area contributed by atoms with Crippen molar-refractivity contribution in [3.8, 4) is 0 Å². The van der Waals surface area contributed by atoms with E-state index in [4.69, 9.17) is 4.42 Å². The molecule has 110 valence electrons. The molecule has 2 aromatic rings. The minimum absolute atomic E-state index is 0.114. The molecule has 2 amide bonds. The average molecular weight is 286 g/mol. The minimum Gasteiger partial charge on any atom is -0.466 e. The van der Waals surface area contributed by atoms with Gasteiger partial charge in [-0.05, 0) is 43.2 Å². The lowest BCUT2D eigenvalue weighted by Crippen LogP contribution is -2.35. The highest BCUT2D eigenvalue weighted by Crippen LogP contribution is 2.31. The van der Waals surface area contributed by atoms with Crippen LogP contribution in [0.15, 0.2) is 28.7 Å². The number of aliphatic hydroxyl groups excluding tert-OH is 1. The quantitative estimate of drug-likeness (QED) is 0.892. The minimum atomic E-state index is -0.726. The van der Waals surface area contributed by atoms with Crippen molar-refractivity contribution in [1.82, 2.24) is 4.90 Å². The highest BCUT2D eigenvalue weighted by molar-refractivity contribution is 5.92. The van der Waals surface area contributed by atoms with Crippen molar-refractivity contribution in [3.63, 3.8) is 0 Å². The Kier molecular flexibility index (Phi) is 3.22. The maximum Gasteiger partial charge on any atom is 0.321 e. The molecule has 5 nitrogen and oxygen atoms in total. The Labute approximate surface area is 123 Å². The summed E-state index contributed by atoms with van der Waals surface area (Å²) in [5.74, 6) is 1.51. The molecule has 5 heteroatoms. The molecule has 1 atom stereocenters. The van der Waals surface area contributed by atoms with E-state index in [-0.39, 0.29) is 6.03 Å². The summed E-state index contributed by atoms with van der Waals surface area (Å²) in [6, 6.07) is 7.33. The topological polar surface area (TPSA) is 65.7 Å². The first-order chi connectivity index (χ1) is 9.95. The summed E-state index contributed by atoms with van der Waals surface area (Å²) in [5.41, 5.74) is 3.36. The summed E-state index contributed by atoms with van der Waals surface area (Å²) in [6.45, 7) is 4.24. The number of nitrogens with one attached hydrogen (secondary N) is 1. The molecule has 0 fully saturated rings. The fourth-order valence-electron chi connectivity index (χ4n) is 2.68. The molecule has 3 rings (SSSR count). The van der Waals surface area contributed by atoms with Crippen molar-refractivity contribution in [2.75, 3.05) is 12.4 Å². The van der Waals surface area contributed by atoms with E-state index in [1.807, 2.05) is 38.1 Å². The van der Waals surface area contributed by atoms with Crippen LogP contribution in [0.25, 0.3) is 0 Å². The summed E-state index contributed by atoms with van der Waals surface area (Å²) in [7, 11) is 1.74. The molecular formula is C16H18N2O3. The van der Waals surface area contributed by atoms with Crippen LogP contribution < -0.4 is 5.32 Å². The van der Waals surface area contributed by atoms with Gasteiger partial charge in [-0.25, -0.2) is 4.79 Å². The molecule has 1 aliphatic heterocycles. The lowest BCUT2D eigenvalue weighted by molar-refractivity contribution is 0.216. The maximum absolute atomic E-state index is 11.6. The number of hydrogen-bond acceptors (Lipinski definition) is 3. The monoisotopic (exact) mass is 286 g/mol. The largest absolute Gasteiger partial charge is 0.466 e. The van der Waals surface area contributed by atoms with Crippen molar-refractivity contribution in [3.05, 3.63) is 52.5 Å². The van der Waals surface area contributed by atoms with Gasteiger partial charge in [0.25, 0.3) is 0 Å². The van der Waals surface area contributed by atoms with Gasteiger partial charge in [0, 0.05) is 24.8 Å². The second-order valence-corrected chi connectivity index (χ2v) is 5.47. The number of carbonyl (C=O) groups is 1. The van der Waals surface area contributed by atoms with Crippen LogP contribution in [-0.4, -0.2) is 23.1 Å². The summed E-state index contributed by atoms with van der Waals surface area (Å²) < 4.78 is 5.48. The van der Waals surface area contributed by atoms with E-state index >= 15 is 0 Å². The zero-order valence-electron chi connectivity index (χ0n) is 12.3. The molecule has 21 heavy (non-hydrogen) atoms. The van der Waals surface area contributed by atoms with E-state index in [0.29, 0.717) is 6.54 Å². The van der Waals surface area contributed by atoms with Gasteiger partial charge in [0.05, 0.1) is 0 Å². The Balaban J connectivity index is 1.95. The zero-order valence-corrected chi connectivity index (χ0v) is 12.3. The summed E-state index contributed by atoms with van der Waals surface area (Å²) in [5, 5.41) is 13.4. The molecule has 0 saturated heterocycles. The number of carbonyl (C=O) groups excluding carboxylic acids is 1. The highest BCUT2D eigenvalue weighted by atomic mass is 16.3. The van der Waals surface area contributed by atoms with Gasteiger partial charge in [-0.3, -0.25) is 0 Å². The number of fused-ring (bicyclic) bond motifs is 1. The summed E-state index contributed by atoms with van der Waals surface area (Å²) >= 11 is 0. The van der Waals surface area contributed by atoms with E-state index in [1.165, 1.54) is 0 Å². The lowest BCUT2D eigenvalue weighted by atomic mass is 9.98. The number of nitrogens with zero attached hydrogens (tertiary/aromatic N) is 1. The number of benzene rings is 1. The molecule has 1 aliphatic rings. The lowest BCUT2D eigenvalue weighted by Gasteiger charge is -2.26. The fourth-order valence-corrected chi connectivity index (χ4v) is 2.68. The summed E-state index contributed by atoms with van der Waals surface area (Å²) in [6.07, 6.45) is -0.726. The van der Waals surface area contributed by atoms with Gasteiger partial charge in [-0.15, -0.1) is 0 Å². The maximum atomic E-state index is 11.6. The molecule has 0 spiro atoms. The number of hydrogen-bond donors (Lipinski definition) is 2. The summed E-state index contributed by atoms with van der Waals surface area (Å²) in [4.78, 5) is 13.2. The zero-order chi connectivity index (χ0) is 15.1. The van der Waals surface area contributed by atoms with Gasteiger partial charge in [0.1, 0.15) is 17.6 Å². The van der Waals surface area contributed by atoms with Gasteiger partial charge < -0.3 is 19.7 Å². The molecule has 0 radical (unpaired) electrons. The van der Waals surface area contributed by atoms with Crippen LogP contribution in [-0.2, 0) is 6.54 Å². The standard InChI is InChI=1S/C16H18N2O3/c1-9-6-13(10(2)21-9)15(19)11-4-5-14-12(7-11)8-18(3)16(20)17-14/h4-7,15,19H,8H2,1-3H3,(H,17,20). The van der Waals surface area contributed by atoms with Crippen LogP contribution >= 0.6 is 0 Å². The van der Waals surface area contributed by atoms with E-state index in [1.54, 1.807) is 11.9 Å². The van der Waals surface area contributed by atoms with Gasteiger partial charge in [0.2, 0.25) is 0 Å². The predicted molar refractivity (Wildman–Crippen MR) is 79.2 cm³/mol. The van der Waals surface area contributed by atoms with Crippen LogP contribution in [0.3, 0.4) is 0 Å². The van der Waals surface area contributed by atoms with Gasteiger partial charge in [-0.2, -0.15) is 0 Å². The van der Waals surface area contributed by atoms with Crippen molar-refractivity contribution in [2.45, 2.75) is 26.5 Å². The number of anilines is 1. The first-order valence-electron chi connectivity index (χ1n) is 6.85. The molecule has 2 N–H and O–H groups in total. The highest BCUT2D eigenvalue weighted by Gasteiger charge is 2.22. The Hall–Kier alpha value is -2.27. The smallest absolute Gasteiger partial charge is 0.321 e.